The molecule has 154 valence electrons. The van der Waals surface area contributed by atoms with Gasteiger partial charge in [-0.25, -0.2) is 4.79 Å². The number of benzene rings is 2. The second-order valence-corrected chi connectivity index (χ2v) is 8.32. The van der Waals surface area contributed by atoms with Gasteiger partial charge in [0.1, 0.15) is 5.58 Å². The molecule has 2 aromatic carbocycles. The van der Waals surface area contributed by atoms with Crippen LogP contribution in [0.3, 0.4) is 0 Å². The van der Waals surface area contributed by atoms with Crippen molar-refractivity contribution in [1.29, 1.82) is 0 Å². The maximum atomic E-state index is 12.7. The summed E-state index contributed by atoms with van der Waals surface area (Å²) >= 11 is 1.34. The Morgan fingerprint density at radius 3 is 2.67 bits per heavy atom. The fraction of sp³-hybridized carbons (Fsp3) is 0.250. The Kier molecular flexibility index (Phi) is 5.86. The fourth-order valence-corrected chi connectivity index (χ4v) is 4.67. The zero-order valence-corrected chi connectivity index (χ0v) is 17.9. The van der Waals surface area contributed by atoms with Gasteiger partial charge in [-0.15, -0.1) is 11.3 Å². The zero-order valence-electron chi connectivity index (χ0n) is 17.1. The van der Waals surface area contributed by atoms with E-state index in [-0.39, 0.29) is 5.91 Å². The summed E-state index contributed by atoms with van der Waals surface area (Å²) in [6, 6.07) is 17.6. The van der Waals surface area contributed by atoms with Crippen LogP contribution < -0.4 is 15.8 Å². The molecule has 0 aliphatic carbocycles. The van der Waals surface area contributed by atoms with Crippen molar-refractivity contribution in [3.05, 3.63) is 75.5 Å². The Balaban J connectivity index is 1.45. The first-order chi connectivity index (χ1) is 14.6. The summed E-state index contributed by atoms with van der Waals surface area (Å²) in [6.45, 7) is 6.47. The van der Waals surface area contributed by atoms with Gasteiger partial charge >= 0.3 is 5.63 Å². The van der Waals surface area contributed by atoms with Crippen LogP contribution in [0, 0.1) is 6.92 Å². The van der Waals surface area contributed by atoms with Gasteiger partial charge in [0.25, 0.3) is 5.91 Å². The average Bonchev–Trinajstić information content (AvgIpc) is 3.22. The summed E-state index contributed by atoms with van der Waals surface area (Å²) < 4.78 is 6.22. The summed E-state index contributed by atoms with van der Waals surface area (Å²) in [6.07, 6.45) is 0.837. The highest BCUT2D eigenvalue weighted by Gasteiger charge is 2.16. The van der Waals surface area contributed by atoms with Crippen LogP contribution in [-0.2, 0) is 0 Å². The van der Waals surface area contributed by atoms with E-state index in [0.717, 1.165) is 35.2 Å². The fourth-order valence-electron chi connectivity index (χ4n) is 3.59. The lowest BCUT2D eigenvalue weighted by Crippen LogP contribution is -2.29. The highest BCUT2D eigenvalue weighted by Crippen LogP contribution is 2.31. The molecule has 1 N–H and O–H groups in total. The van der Waals surface area contributed by atoms with Gasteiger partial charge in [0.05, 0.1) is 15.0 Å². The zero-order chi connectivity index (χ0) is 21.1. The third kappa shape index (κ3) is 4.09. The molecular formula is C24H24N2O3S. The molecule has 0 spiro atoms. The molecule has 6 heteroatoms. The van der Waals surface area contributed by atoms with Gasteiger partial charge in [0, 0.05) is 30.7 Å². The van der Waals surface area contributed by atoms with Gasteiger partial charge in [0.15, 0.2) is 0 Å². The number of aryl methyl sites for hydroxylation is 1. The predicted octanol–water partition coefficient (Wildman–Crippen LogP) is 4.96. The molecule has 5 nitrogen and oxygen atoms in total. The second-order valence-electron chi connectivity index (χ2n) is 7.27. The topological polar surface area (TPSA) is 62.6 Å². The Morgan fingerprint density at radius 1 is 1.10 bits per heavy atom. The third-order valence-electron chi connectivity index (χ3n) is 5.15. The monoisotopic (exact) mass is 420 g/mol. The smallest absolute Gasteiger partial charge is 0.345 e. The molecule has 0 fully saturated rings. The highest BCUT2D eigenvalue weighted by molar-refractivity contribution is 7.21. The van der Waals surface area contributed by atoms with E-state index in [9.17, 15) is 9.59 Å². The number of rotatable bonds is 7. The number of anilines is 1. The van der Waals surface area contributed by atoms with Crippen molar-refractivity contribution >= 4 is 44.0 Å². The van der Waals surface area contributed by atoms with E-state index in [2.05, 4.69) is 29.3 Å². The van der Waals surface area contributed by atoms with Gasteiger partial charge in [-0.2, -0.15) is 0 Å². The molecule has 4 aromatic rings. The minimum atomic E-state index is -0.405. The summed E-state index contributed by atoms with van der Waals surface area (Å²) in [5.74, 6) is -0.154. The highest BCUT2D eigenvalue weighted by atomic mass is 32.1. The first kappa shape index (κ1) is 20.2. The molecule has 0 aliphatic rings. The van der Waals surface area contributed by atoms with E-state index in [1.54, 1.807) is 12.1 Å². The van der Waals surface area contributed by atoms with E-state index in [4.69, 9.17) is 4.42 Å². The van der Waals surface area contributed by atoms with Crippen LogP contribution in [0.5, 0.6) is 0 Å². The number of hydrogen-bond acceptors (Lipinski definition) is 5. The largest absolute Gasteiger partial charge is 0.422 e. The molecule has 0 radical (unpaired) electrons. The molecule has 30 heavy (non-hydrogen) atoms. The Morgan fingerprint density at radius 2 is 1.90 bits per heavy atom. The number of nitrogens with zero attached hydrogens (tertiary/aromatic N) is 1. The average molecular weight is 421 g/mol. The first-order valence-electron chi connectivity index (χ1n) is 10.1. The van der Waals surface area contributed by atoms with Gasteiger partial charge in [-0.1, -0.05) is 29.8 Å². The minimum Gasteiger partial charge on any atom is -0.422 e. The number of fused-ring (bicyclic) bond motifs is 3. The van der Waals surface area contributed by atoms with Gasteiger partial charge in [0.2, 0.25) is 0 Å². The van der Waals surface area contributed by atoms with E-state index < -0.39 is 5.63 Å². The number of carbonyl (C=O) groups is 1. The molecule has 2 heterocycles. The van der Waals surface area contributed by atoms with Gasteiger partial charge in [-0.3, -0.25) is 4.79 Å². The van der Waals surface area contributed by atoms with Crippen molar-refractivity contribution in [3.8, 4) is 0 Å². The van der Waals surface area contributed by atoms with Crippen LogP contribution >= 0.6 is 11.3 Å². The number of thiophene rings is 1. The molecule has 4 rings (SSSR count). The summed E-state index contributed by atoms with van der Waals surface area (Å²) in [4.78, 5) is 27.8. The lowest BCUT2D eigenvalue weighted by molar-refractivity contribution is 0.0957. The quantitative estimate of drug-likeness (QED) is 0.339. The lowest BCUT2D eigenvalue weighted by atomic mass is 10.1. The van der Waals surface area contributed by atoms with Crippen LogP contribution in [0.25, 0.3) is 21.1 Å². The van der Waals surface area contributed by atoms with Gasteiger partial charge < -0.3 is 14.6 Å². The Hall–Kier alpha value is -3.12. The molecule has 0 aliphatic heterocycles. The van der Waals surface area contributed by atoms with Crippen LogP contribution in [0.15, 0.2) is 63.8 Å². The lowest BCUT2D eigenvalue weighted by Gasteiger charge is -2.23. The number of para-hydroxylation sites is 1. The summed E-state index contributed by atoms with van der Waals surface area (Å²) in [5.41, 5.74) is 2.41. The Bertz CT molecular complexity index is 1240. The normalized spacial score (nSPS) is 11.1. The predicted molar refractivity (Wildman–Crippen MR) is 124 cm³/mol. The molecule has 1 amide bonds. The van der Waals surface area contributed by atoms with Crippen molar-refractivity contribution in [1.82, 2.24) is 5.32 Å². The molecule has 0 bridgehead atoms. The molecular weight excluding hydrogens is 396 g/mol. The van der Waals surface area contributed by atoms with Crippen molar-refractivity contribution in [2.75, 3.05) is 24.5 Å². The van der Waals surface area contributed by atoms with Crippen molar-refractivity contribution < 1.29 is 9.21 Å². The minimum absolute atomic E-state index is 0.154. The SMILES string of the molecule is CCN(CCCNC(=O)c1cc2c(=O)oc3ccc(C)cc3c2s1)c1ccccc1. The van der Waals surface area contributed by atoms with E-state index in [0.29, 0.717) is 22.4 Å². The summed E-state index contributed by atoms with van der Waals surface area (Å²) in [7, 11) is 0. The number of hydrogen-bond donors (Lipinski definition) is 1. The summed E-state index contributed by atoms with van der Waals surface area (Å²) in [5, 5.41) is 4.31. The molecule has 0 unspecified atom stereocenters. The molecule has 0 atom stereocenters. The van der Waals surface area contributed by atoms with E-state index >= 15 is 0 Å². The van der Waals surface area contributed by atoms with Crippen LogP contribution in [-0.4, -0.2) is 25.5 Å². The number of amides is 1. The molecule has 2 aromatic heterocycles. The van der Waals surface area contributed by atoms with Crippen molar-refractivity contribution in [3.63, 3.8) is 0 Å². The number of carbonyl (C=O) groups excluding carboxylic acids is 1. The first-order valence-corrected chi connectivity index (χ1v) is 10.9. The van der Waals surface area contributed by atoms with Crippen LogP contribution in [0.1, 0.15) is 28.6 Å². The maximum Gasteiger partial charge on any atom is 0.345 e. The maximum absolute atomic E-state index is 12.7. The van der Waals surface area contributed by atoms with Crippen LogP contribution in [0.2, 0.25) is 0 Å². The molecule has 0 saturated carbocycles. The number of nitrogens with one attached hydrogen (secondary N) is 1. The van der Waals surface area contributed by atoms with E-state index in [1.165, 1.54) is 17.0 Å². The third-order valence-corrected chi connectivity index (χ3v) is 6.32. The van der Waals surface area contributed by atoms with E-state index in [1.807, 2.05) is 37.3 Å². The second kappa shape index (κ2) is 8.71. The van der Waals surface area contributed by atoms with Crippen LogP contribution in [0.4, 0.5) is 5.69 Å². The Labute approximate surface area is 178 Å². The van der Waals surface area contributed by atoms with Gasteiger partial charge in [-0.05, 0) is 50.6 Å². The standard InChI is InChI=1S/C24H24N2O3S/c1-3-26(17-8-5-4-6-9-17)13-7-12-25-23(27)21-15-19-22(30-21)18-14-16(2)10-11-20(18)29-24(19)28/h4-6,8-11,14-15H,3,7,12-13H2,1-2H3,(H,25,27). The van der Waals surface area contributed by atoms with Crippen molar-refractivity contribution in [2.24, 2.45) is 0 Å². The molecule has 0 saturated heterocycles. The van der Waals surface area contributed by atoms with Crippen molar-refractivity contribution in [2.45, 2.75) is 20.3 Å².